The molecule has 0 aliphatic carbocycles. The Morgan fingerprint density at radius 1 is 0.694 bits per heavy atom. The predicted octanol–water partition coefficient (Wildman–Crippen LogP) is 4.98. The molecule has 4 aromatic carbocycles. The van der Waals surface area contributed by atoms with Crippen molar-refractivity contribution in [1.29, 1.82) is 0 Å². The fourth-order valence-electron chi connectivity index (χ4n) is 4.46. The number of carbonyl (C=O) groups is 2. The van der Waals surface area contributed by atoms with Gasteiger partial charge in [-0.25, -0.2) is 5.48 Å². The summed E-state index contributed by atoms with van der Waals surface area (Å²) < 4.78 is 0. The smallest absolute Gasteiger partial charge is 0.255 e. The fourth-order valence-corrected chi connectivity index (χ4v) is 4.46. The second-order valence-corrected chi connectivity index (χ2v) is 8.51. The van der Waals surface area contributed by atoms with Gasteiger partial charge in [-0.2, -0.15) is 0 Å². The van der Waals surface area contributed by atoms with Crippen LogP contribution in [0.5, 0.6) is 5.75 Å². The van der Waals surface area contributed by atoms with Gasteiger partial charge in [0.1, 0.15) is 5.75 Å². The molecule has 6 nitrogen and oxygen atoms in total. The van der Waals surface area contributed by atoms with Crippen molar-refractivity contribution in [2.75, 3.05) is 6.54 Å². The van der Waals surface area contributed by atoms with Crippen molar-refractivity contribution < 1.29 is 19.9 Å². The number of amides is 2. The summed E-state index contributed by atoms with van der Waals surface area (Å²) in [4.78, 5) is 25.2. The first-order valence-corrected chi connectivity index (χ1v) is 11.8. The molecule has 182 valence electrons. The van der Waals surface area contributed by atoms with Crippen LogP contribution in [-0.4, -0.2) is 28.7 Å². The molecule has 0 saturated carbocycles. The molecule has 2 atom stereocenters. The lowest BCUT2D eigenvalue weighted by Gasteiger charge is -2.22. The summed E-state index contributed by atoms with van der Waals surface area (Å²) in [6, 6.07) is 33.5. The van der Waals surface area contributed by atoms with E-state index >= 15 is 0 Å². The first-order chi connectivity index (χ1) is 17.6. The second-order valence-electron chi connectivity index (χ2n) is 8.51. The zero-order chi connectivity index (χ0) is 25.3. The standard InChI is InChI=1S/C30H28N2O4/c33-27-17-8-7-16-26(27)29(34)31-19-18-25(21-10-3-1-4-11-21)23-14-9-15-24(20-23)28(30(35)32-36)22-12-5-2-6-13-22/h1-17,20,25,28,33,36H,18-19H2,(H,31,34)(H,32,35). The third-order valence-corrected chi connectivity index (χ3v) is 6.22. The highest BCUT2D eigenvalue weighted by molar-refractivity contribution is 5.96. The van der Waals surface area contributed by atoms with Crippen LogP contribution in [0.2, 0.25) is 0 Å². The van der Waals surface area contributed by atoms with E-state index in [0.717, 1.165) is 22.3 Å². The Bertz CT molecular complexity index is 1310. The van der Waals surface area contributed by atoms with Gasteiger partial charge in [-0.15, -0.1) is 0 Å². The molecule has 6 heteroatoms. The van der Waals surface area contributed by atoms with Crippen LogP contribution >= 0.6 is 0 Å². The molecule has 4 N–H and O–H groups in total. The maximum absolute atomic E-state index is 12.6. The lowest BCUT2D eigenvalue weighted by atomic mass is 9.84. The van der Waals surface area contributed by atoms with Crippen LogP contribution in [-0.2, 0) is 4.79 Å². The summed E-state index contributed by atoms with van der Waals surface area (Å²) in [5.74, 6) is -1.63. The topological polar surface area (TPSA) is 98.7 Å². The van der Waals surface area contributed by atoms with E-state index in [9.17, 15) is 19.9 Å². The molecule has 2 unspecified atom stereocenters. The van der Waals surface area contributed by atoms with Gasteiger partial charge in [0.05, 0.1) is 11.5 Å². The number of benzene rings is 4. The van der Waals surface area contributed by atoms with Crippen LogP contribution in [0.1, 0.15) is 50.9 Å². The number of nitrogens with one attached hydrogen (secondary N) is 2. The maximum atomic E-state index is 12.6. The van der Waals surface area contributed by atoms with Gasteiger partial charge < -0.3 is 10.4 Å². The number of para-hydroxylation sites is 1. The van der Waals surface area contributed by atoms with E-state index in [1.165, 1.54) is 6.07 Å². The summed E-state index contributed by atoms with van der Waals surface area (Å²) in [5, 5.41) is 22.3. The van der Waals surface area contributed by atoms with Crippen molar-refractivity contribution >= 4 is 11.8 Å². The average molecular weight is 481 g/mol. The van der Waals surface area contributed by atoms with Crippen molar-refractivity contribution in [3.05, 3.63) is 137 Å². The fraction of sp³-hybridized carbons (Fsp3) is 0.133. The summed E-state index contributed by atoms with van der Waals surface area (Å²) >= 11 is 0. The molecule has 2 amide bonds. The summed E-state index contributed by atoms with van der Waals surface area (Å²) in [7, 11) is 0. The highest BCUT2D eigenvalue weighted by Crippen LogP contribution is 2.32. The molecule has 36 heavy (non-hydrogen) atoms. The molecule has 0 aromatic heterocycles. The van der Waals surface area contributed by atoms with Gasteiger partial charge in [-0.3, -0.25) is 14.8 Å². The zero-order valence-corrected chi connectivity index (χ0v) is 19.7. The van der Waals surface area contributed by atoms with E-state index in [1.807, 2.05) is 84.9 Å². The van der Waals surface area contributed by atoms with Gasteiger partial charge >= 0.3 is 0 Å². The number of rotatable bonds is 9. The van der Waals surface area contributed by atoms with Gasteiger partial charge in [0, 0.05) is 12.5 Å². The third-order valence-electron chi connectivity index (χ3n) is 6.22. The molecule has 0 radical (unpaired) electrons. The minimum absolute atomic E-state index is 0.0515. The number of hydrogen-bond acceptors (Lipinski definition) is 4. The molecule has 4 aromatic rings. The number of aromatic hydroxyl groups is 1. The van der Waals surface area contributed by atoms with Crippen molar-refractivity contribution in [3.8, 4) is 5.75 Å². The van der Waals surface area contributed by atoms with E-state index in [2.05, 4.69) is 5.32 Å². The Balaban J connectivity index is 1.61. The molecular weight excluding hydrogens is 452 g/mol. The highest BCUT2D eigenvalue weighted by atomic mass is 16.5. The van der Waals surface area contributed by atoms with Crippen LogP contribution < -0.4 is 10.8 Å². The Morgan fingerprint density at radius 3 is 1.94 bits per heavy atom. The molecule has 0 aliphatic heterocycles. The Kier molecular flexibility index (Phi) is 8.11. The molecule has 0 saturated heterocycles. The van der Waals surface area contributed by atoms with Gasteiger partial charge in [-0.1, -0.05) is 97.1 Å². The average Bonchev–Trinajstić information content (AvgIpc) is 2.92. The van der Waals surface area contributed by atoms with Crippen LogP contribution in [0.25, 0.3) is 0 Å². The highest BCUT2D eigenvalue weighted by Gasteiger charge is 2.24. The molecule has 0 spiro atoms. The lowest BCUT2D eigenvalue weighted by molar-refractivity contribution is -0.129. The summed E-state index contributed by atoms with van der Waals surface area (Å²) in [6.07, 6.45) is 0.606. The first-order valence-electron chi connectivity index (χ1n) is 11.8. The summed E-state index contributed by atoms with van der Waals surface area (Å²) in [5.41, 5.74) is 5.63. The van der Waals surface area contributed by atoms with Crippen molar-refractivity contribution in [3.63, 3.8) is 0 Å². The molecular formula is C30H28N2O4. The monoisotopic (exact) mass is 480 g/mol. The molecule has 0 fully saturated rings. The van der Waals surface area contributed by atoms with E-state index in [1.54, 1.807) is 23.7 Å². The van der Waals surface area contributed by atoms with E-state index in [4.69, 9.17) is 0 Å². The quantitative estimate of drug-likeness (QED) is 0.201. The van der Waals surface area contributed by atoms with E-state index < -0.39 is 11.8 Å². The van der Waals surface area contributed by atoms with Crippen LogP contribution in [0.4, 0.5) is 0 Å². The number of hydroxylamine groups is 1. The third kappa shape index (κ3) is 5.79. The van der Waals surface area contributed by atoms with E-state index in [-0.39, 0.29) is 23.1 Å². The van der Waals surface area contributed by atoms with Crippen molar-refractivity contribution in [2.24, 2.45) is 0 Å². The van der Waals surface area contributed by atoms with Crippen molar-refractivity contribution in [2.45, 2.75) is 18.3 Å². The Morgan fingerprint density at radius 2 is 1.28 bits per heavy atom. The molecule has 0 aliphatic rings. The minimum atomic E-state index is -0.673. The number of phenolic OH excluding ortho intramolecular Hbond substituents is 1. The van der Waals surface area contributed by atoms with Crippen LogP contribution in [0, 0.1) is 0 Å². The SMILES string of the molecule is O=C(NCCC(c1ccccc1)c1cccc(C(C(=O)NO)c2ccccc2)c1)c1ccccc1O. The number of phenols is 1. The van der Waals surface area contributed by atoms with Gasteiger partial charge in [0.2, 0.25) is 0 Å². The largest absolute Gasteiger partial charge is 0.507 e. The van der Waals surface area contributed by atoms with Gasteiger partial charge in [-0.05, 0) is 40.8 Å². The maximum Gasteiger partial charge on any atom is 0.255 e. The Hall–Kier alpha value is -4.42. The first kappa shape index (κ1) is 24.7. The van der Waals surface area contributed by atoms with Crippen molar-refractivity contribution in [1.82, 2.24) is 10.8 Å². The number of hydrogen-bond donors (Lipinski definition) is 4. The minimum Gasteiger partial charge on any atom is -0.507 e. The normalized spacial score (nSPS) is 12.4. The van der Waals surface area contributed by atoms with Gasteiger partial charge in [0.25, 0.3) is 11.8 Å². The lowest BCUT2D eigenvalue weighted by Crippen LogP contribution is -2.27. The van der Waals surface area contributed by atoms with Gasteiger partial charge in [0.15, 0.2) is 0 Å². The molecule has 0 heterocycles. The Labute approximate surface area is 210 Å². The predicted molar refractivity (Wildman–Crippen MR) is 138 cm³/mol. The number of carbonyl (C=O) groups excluding carboxylic acids is 2. The molecule has 0 bridgehead atoms. The molecule has 4 rings (SSSR count). The second kappa shape index (κ2) is 11.8. The van der Waals surface area contributed by atoms with E-state index in [0.29, 0.717) is 13.0 Å². The zero-order valence-electron chi connectivity index (χ0n) is 19.7. The van der Waals surface area contributed by atoms with Crippen LogP contribution in [0.15, 0.2) is 109 Å². The summed E-state index contributed by atoms with van der Waals surface area (Å²) in [6.45, 7) is 0.385. The van der Waals surface area contributed by atoms with Crippen LogP contribution in [0.3, 0.4) is 0 Å².